The van der Waals surface area contributed by atoms with Crippen LogP contribution in [0.25, 0.3) is 12.2 Å². The van der Waals surface area contributed by atoms with Gasteiger partial charge in [0.25, 0.3) is 0 Å². The summed E-state index contributed by atoms with van der Waals surface area (Å²) in [6.45, 7) is 0. The van der Waals surface area contributed by atoms with Crippen molar-refractivity contribution in [3.63, 3.8) is 0 Å². The molecule has 3 heteroatoms. The van der Waals surface area contributed by atoms with Crippen molar-refractivity contribution in [2.24, 2.45) is 0 Å². The standard InChI is InChI=1S/C18H14N2Si/c1-2-4-17(5-3-1)21-18-10-7-15(8-11-18)6-9-16-14-19-12-13-20-16/h1-14H. The Labute approximate surface area is 127 Å². The molecule has 0 saturated heterocycles. The second-order valence-corrected chi connectivity index (χ2v) is 5.98. The van der Waals surface area contributed by atoms with Gasteiger partial charge in [-0.2, -0.15) is 0 Å². The fourth-order valence-electron chi connectivity index (χ4n) is 1.94. The molecular formula is C18H14N2Si. The lowest BCUT2D eigenvalue weighted by molar-refractivity contribution is 1.18. The van der Waals surface area contributed by atoms with E-state index in [0.717, 1.165) is 5.69 Å². The third kappa shape index (κ3) is 3.97. The Morgan fingerprint density at radius 3 is 2.24 bits per heavy atom. The first kappa shape index (κ1) is 13.5. The highest BCUT2D eigenvalue weighted by Crippen LogP contribution is 2.04. The van der Waals surface area contributed by atoms with Gasteiger partial charge >= 0.3 is 0 Å². The Morgan fingerprint density at radius 2 is 1.52 bits per heavy atom. The minimum atomic E-state index is 0.702. The van der Waals surface area contributed by atoms with Gasteiger partial charge in [-0.1, -0.05) is 71.0 Å². The Kier molecular flexibility index (Phi) is 4.34. The molecule has 2 nitrogen and oxygen atoms in total. The van der Waals surface area contributed by atoms with Crippen molar-refractivity contribution in [2.75, 3.05) is 0 Å². The normalized spacial score (nSPS) is 10.9. The number of aromatic nitrogens is 2. The average molecular weight is 286 g/mol. The summed E-state index contributed by atoms with van der Waals surface area (Å²) in [5.74, 6) is 0. The van der Waals surface area contributed by atoms with E-state index >= 15 is 0 Å². The summed E-state index contributed by atoms with van der Waals surface area (Å²) in [6, 6.07) is 19.2. The quantitative estimate of drug-likeness (QED) is 0.688. The lowest BCUT2D eigenvalue weighted by Crippen LogP contribution is -2.26. The predicted octanol–water partition coefficient (Wildman–Crippen LogP) is 2.30. The highest BCUT2D eigenvalue weighted by atomic mass is 28.2. The van der Waals surface area contributed by atoms with Crippen molar-refractivity contribution >= 4 is 32.0 Å². The molecule has 0 unspecified atom stereocenters. The van der Waals surface area contributed by atoms with Crippen LogP contribution in [0.2, 0.25) is 0 Å². The molecule has 0 aliphatic rings. The molecule has 0 saturated carbocycles. The van der Waals surface area contributed by atoms with Crippen LogP contribution >= 0.6 is 0 Å². The lowest BCUT2D eigenvalue weighted by Gasteiger charge is -2.01. The van der Waals surface area contributed by atoms with Crippen molar-refractivity contribution in [2.45, 2.75) is 0 Å². The van der Waals surface area contributed by atoms with Crippen LogP contribution in [-0.4, -0.2) is 19.5 Å². The van der Waals surface area contributed by atoms with Crippen LogP contribution in [0.5, 0.6) is 0 Å². The zero-order valence-corrected chi connectivity index (χ0v) is 12.5. The van der Waals surface area contributed by atoms with Gasteiger partial charge in [0, 0.05) is 12.4 Å². The Balaban J connectivity index is 1.68. The third-order valence-corrected chi connectivity index (χ3v) is 4.25. The molecule has 0 amide bonds. The molecule has 0 bridgehead atoms. The molecule has 21 heavy (non-hydrogen) atoms. The van der Waals surface area contributed by atoms with Crippen molar-refractivity contribution < 1.29 is 0 Å². The van der Waals surface area contributed by atoms with E-state index in [1.807, 2.05) is 12.1 Å². The SMILES string of the molecule is C(=Cc1cnccn1)c1ccc([Si]c2ccccc2)cc1. The van der Waals surface area contributed by atoms with E-state index in [2.05, 4.69) is 64.6 Å². The van der Waals surface area contributed by atoms with Crippen LogP contribution in [0.4, 0.5) is 0 Å². The van der Waals surface area contributed by atoms with Gasteiger partial charge < -0.3 is 0 Å². The summed E-state index contributed by atoms with van der Waals surface area (Å²) in [5.41, 5.74) is 2.04. The molecule has 2 aromatic carbocycles. The maximum Gasteiger partial charge on any atom is 0.121 e. The summed E-state index contributed by atoms with van der Waals surface area (Å²) < 4.78 is 0. The number of benzene rings is 2. The van der Waals surface area contributed by atoms with Gasteiger partial charge in [0.05, 0.1) is 11.9 Å². The smallest absolute Gasteiger partial charge is 0.121 e. The molecular weight excluding hydrogens is 272 g/mol. The number of nitrogens with zero attached hydrogens (tertiary/aromatic N) is 2. The van der Waals surface area contributed by atoms with Gasteiger partial charge in [0.2, 0.25) is 0 Å². The number of rotatable bonds is 4. The van der Waals surface area contributed by atoms with Crippen LogP contribution in [0.15, 0.2) is 73.2 Å². The Morgan fingerprint density at radius 1 is 0.762 bits per heavy atom. The molecule has 0 spiro atoms. The fraction of sp³-hybridized carbons (Fsp3) is 0. The summed E-state index contributed by atoms with van der Waals surface area (Å²) in [5, 5.41) is 2.71. The highest BCUT2D eigenvalue weighted by molar-refractivity contribution is 6.67. The van der Waals surface area contributed by atoms with Crippen LogP contribution in [0.3, 0.4) is 0 Å². The van der Waals surface area contributed by atoms with Crippen molar-refractivity contribution in [3.8, 4) is 0 Å². The maximum atomic E-state index is 4.22. The van der Waals surface area contributed by atoms with Crippen molar-refractivity contribution in [1.29, 1.82) is 0 Å². The maximum absolute atomic E-state index is 4.22. The highest BCUT2D eigenvalue weighted by Gasteiger charge is 1.97. The molecule has 1 heterocycles. The first-order valence-electron chi connectivity index (χ1n) is 6.76. The van der Waals surface area contributed by atoms with E-state index < -0.39 is 0 Å². The average Bonchev–Trinajstić information content (AvgIpc) is 2.56. The summed E-state index contributed by atoms with van der Waals surface area (Å²) in [6.07, 6.45) is 9.16. The minimum absolute atomic E-state index is 0.702. The largest absolute Gasteiger partial charge is 0.261 e. The molecule has 3 aromatic rings. The lowest BCUT2D eigenvalue weighted by atomic mass is 10.2. The zero-order valence-electron chi connectivity index (χ0n) is 11.5. The molecule has 0 aliphatic heterocycles. The van der Waals surface area contributed by atoms with Gasteiger partial charge in [0.1, 0.15) is 9.52 Å². The molecule has 100 valence electrons. The summed E-state index contributed by atoms with van der Waals surface area (Å²) >= 11 is 0. The number of hydrogen-bond acceptors (Lipinski definition) is 2. The van der Waals surface area contributed by atoms with Gasteiger partial charge in [-0.05, 0) is 11.6 Å². The van der Waals surface area contributed by atoms with E-state index in [4.69, 9.17) is 0 Å². The van der Waals surface area contributed by atoms with Crippen molar-refractivity contribution in [1.82, 2.24) is 9.97 Å². The monoisotopic (exact) mass is 286 g/mol. The second-order valence-electron chi connectivity index (χ2n) is 4.58. The topological polar surface area (TPSA) is 25.8 Å². The van der Waals surface area contributed by atoms with Crippen LogP contribution in [-0.2, 0) is 0 Å². The van der Waals surface area contributed by atoms with Crippen LogP contribution in [0.1, 0.15) is 11.3 Å². The van der Waals surface area contributed by atoms with Gasteiger partial charge in [0.15, 0.2) is 0 Å². The van der Waals surface area contributed by atoms with E-state index in [1.54, 1.807) is 18.6 Å². The van der Waals surface area contributed by atoms with Crippen molar-refractivity contribution in [3.05, 3.63) is 84.4 Å². The van der Waals surface area contributed by atoms with E-state index in [9.17, 15) is 0 Å². The van der Waals surface area contributed by atoms with E-state index in [0.29, 0.717) is 9.52 Å². The molecule has 3 rings (SSSR count). The molecule has 0 fully saturated rings. The third-order valence-electron chi connectivity index (χ3n) is 3.00. The van der Waals surface area contributed by atoms with E-state index in [-0.39, 0.29) is 0 Å². The second kappa shape index (κ2) is 6.77. The first-order chi connectivity index (χ1) is 10.4. The van der Waals surface area contributed by atoms with Gasteiger partial charge in [-0.3, -0.25) is 9.97 Å². The van der Waals surface area contributed by atoms with Crippen LogP contribution in [0, 0.1) is 0 Å². The fourth-order valence-corrected chi connectivity index (χ4v) is 2.97. The minimum Gasteiger partial charge on any atom is -0.261 e. The molecule has 0 aliphatic carbocycles. The molecule has 0 atom stereocenters. The Hall–Kier alpha value is -2.52. The predicted molar refractivity (Wildman–Crippen MR) is 88.9 cm³/mol. The van der Waals surface area contributed by atoms with Gasteiger partial charge in [-0.25, -0.2) is 0 Å². The molecule has 0 N–H and O–H groups in total. The molecule has 1 aromatic heterocycles. The number of hydrogen-bond donors (Lipinski definition) is 0. The van der Waals surface area contributed by atoms with E-state index in [1.165, 1.54) is 15.9 Å². The Bertz CT molecular complexity index is 707. The van der Waals surface area contributed by atoms with Crippen LogP contribution < -0.4 is 10.4 Å². The first-order valence-corrected chi connectivity index (χ1v) is 7.76. The van der Waals surface area contributed by atoms with Gasteiger partial charge in [-0.15, -0.1) is 0 Å². The zero-order chi connectivity index (χ0) is 14.3. The summed E-state index contributed by atoms with van der Waals surface area (Å²) in [4.78, 5) is 8.26. The molecule has 2 radical (unpaired) electrons. The summed E-state index contributed by atoms with van der Waals surface area (Å²) in [7, 11) is 0.702.